The van der Waals surface area contributed by atoms with Gasteiger partial charge in [0, 0.05) is 17.8 Å². The maximum Gasteiger partial charge on any atom is 0.194 e. The van der Waals surface area contributed by atoms with E-state index in [4.69, 9.17) is 5.73 Å². The molecular weight excluding hydrogens is 260 g/mol. The lowest BCUT2D eigenvalue weighted by Gasteiger charge is -2.11. The van der Waals surface area contributed by atoms with Crippen molar-refractivity contribution in [3.8, 4) is 0 Å². The Morgan fingerprint density at radius 1 is 0.895 bits per heavy atom. The van der Waals surface area contributed by atoms with Crippen LogP contribution in [0.3, 0.4) is 0 Å². The minimum atomic E-state index is -1.55. The zero-order valence-electron chi connectivity index (χ0n) is 9.90. The highest BCUT2D eigenvalue weighted by Crippen LogP contribution is 2.27. The molecule has 0 bridgehead atoms. The summed E-state index contributed by atoms with van der Waals surface area (Å²) in [6.45, 7) is 1.52. The van der Waals surface area contributed by atoms with Crippen LogP contribution in [0.5, 0.6) is 0 Å². The Balaban J connectivity index is 2.39. The van der Waals surface area contributed by atoms with Gasteiger partial charge in [0.2, 0.25) is 0 Å². The molecule has 0 amide bonds. The van der Waals surface area contributed by atoms with Gasteiger partial charge >= 0.3 is 0 Å². The summed E-state index contributed by atoms with van der Waals surface area (Å²) < 4.78 is 52.1. The van der Waals surface area contributed by atoms with Crippen molar-refractivity contribution in [1.82, 2.24) is 0 Å². The van der Waals surface area contributed by atoms with Gasteiger partial charge in [-0.05, 0) is 24.6 Å². The lowest BCUT2D eigenvalue weighted by molar-refractivity contribution is 0.448. The maximum absolute atomic E-state index is 13.2. The minimum Gasteiger partial charge on any atom is -0.397 e. The smallest absolute Gasteiger partial charge is 0.194 e. The molecule has 0 aromatic heterocycles. The molecule has 6 heteroatoms. The lowest BCUT2D eigenvalue weighted by Crippen LogP contribution is -2.00. The van der Waals surface area contributed by atoms with Gasteiger partial charge in [0.25, 0.3) is 0 Å². The number of halogens is 4. The van der Waals surface area contributed by atoms with Crippen molar-refractivity contribution in [3.05, 3.63) is 53.1 Å². The third kappa shape index (κ3) is 2.62. The van der Waals surface area contributed by atoms with Gasteiger partial charge in [0.05, 0.1) is 11.4 Å². The summed E-state index contributed by atoms with van der Waals surface area (Å²) in [6.07, 6.45) is 0. The van der Waals surface area contributed by atoms with Gasteiger partial charge in [0.1, 0.15) is 5.82 Å². The molecule has 100 valence electrons. The maximum atomic E-state index is 13.2. The topological polar surface area (TPSA) is 38.0 Å². The second kappa shape index (κ2) is 4.79. The van der Waals surface area contributed by atoms with Crippen molar-refractivity contribution in [2.24, 2.45) is 0 Å². The fourth-order valence-corrected chi connectivity index (χ4v) is 1.59. The van der Waals surface area contributed by atoms with Crippen LogP contribution in [0.2, 0.25) is 0 Å². The number of nitrogen functional groups attached to an aromatic ring is 1. The van der Waals surface area contributed by atoms with Crippen molar-refractivity contribution in [2.45, 2.75) is 6.92 Å². The van der Waals surface area contributed by atoms with Crippen molar-refractivity contribution in [1.29, 1.82) is 0 Å². The predicted molar refractivity (Wildman–Crippen MR) is 65.1 cm³/mol. The molecule has 0 fully saturated rings. The number of nitrogens with one attached hydrogen (secondary N) is 1. The predicted octanol–water partition coefficient (Wildman–Crippen LogP) is 3.88. The van der Waals surface area contributed by atoms with Crippen LogP contribution in [0.1, 0.15) is 5.56 Å². The van der Waals surface area contributed by atoms with Crippen LogP contribution in [-0.2, 0) is 0 Å². The molecule has 2 aromatic carbocycles. The molecule has 2 rings (SSSR count). The van der Waals surface area contributed by atoms with E-state index in [2.05, 4.69) is 5.32 Å². The molecule has 3 N–H and O–H groups in total. The lowest BCUT2D eigenvalue weighted by atomic mass is 10.1. The number of benzene rings is 2. The van der Waals surface area contributed by atoms with Gasteiger partial charge in [-0.15, -0.1) is 0 Å². The highest BCUT2D eigenvalue weighted by molar-refractivity contribution is 5.73. The van der Waals surface area contributed by atoms with Crippen molar-refractivity contribution >= 4 is 17.1 Å². The summed E-state index contributed by atoms with van der Waals surface area (Å²) in [6, 6.07) is 4.06. The van der Waals surface area contributed by atoms with Crippen LogP contribution in [0.15, 0.2) is 24.3 Å². The van der Waals surface area contributed by atoms with Crippen LogP contribution in [0.25, 0.3) is 0 Å². The van der Waals surface area contributed by atoms with Gasteiger partial charge in [-0.2, -0.15) is 0 Å². The first kappa shape index (κ1) is 13.2. The Morgan fingerprint density at radius 2 is 1.47 bits per heavy atom. The fourth-order valence-electron chi connectivity index (χ4n) is 1.59. The molecule has 0 aliphatic heterocycles. The molecule has 0 saturated heterocycles. The van der Waals surface area contributed by atoms with E-state index in [1.165, 1.54) is 13.0 Å². The molecule has 0 radical (unpaired) electrons. The Bertz CT molecular complexity index is 618. The molecule has 2 nitrogen and oxygen atoms in total. The SMILES string of the molecule is Cc1cc(Nc2cc(F)c(F)c(F)c2)c(N)cc1F. The summed E-state index contributed by atoms with van der Waals surface area (Å²) in [5.41, 5.74) is 6.24. The molecule has 0 unspecified atom stereocenters. The van der Waals surface area contributed by atoms with E-state index in [9.17, 15) is 17.6 Å². The van der Waals surface area contributed by atoms with Crippen LogP contribution in [0, 0.1) is 30.2 Å². The Morgan fingerprint density at radius 3 is 2.05 bits per heavy atom. The fraction of sp³-hybridized carbons (Fsp3) is 0.0769. The highest BCUT2D eigenvalue weighted by Gasteiger charge is 2.12. The van der Waals surface area contributed by atoms with E-state index in [1.807, 2.05) is 0 Å². The van der Waals surface area contributed by atoms with Gasteiger partial charge < -0.3 is 11.1 Å². The highest BCUT2D eigenvalue weighted by atomic mass is 19.2. The standard InChI is InChI=1S/C13H10F4N2/c1-6-2-12(11(18)5-8(6)14)19-7-3-9(15)13(17)10(16)4-7/h2-5,19H,18H2,1H3. The molecular formula is C13H10F4N2. The van der Waals surface area contributed by atoms with Crippen LogP contribution < -0.4 is 11.1 Å². The Hall–Kier alpha value is -2.24. The van der Waals surface area contributed by atoms with Crippen LogP contribution in [-0.4, -0.2) is 0 Å². The Labute approximate surface area is 106 Å². The zero-order chi connectivity index (χ0) is 14.2. The summed E-state index contributed by atoms with van der Waals surface area (Å²) in [5, 5.41) is 2.61. The molecule has 0 aliphatic carbocycles. The monoisotopic (exact) mass is 270 g/mol. The van der Waals surface area contributed by atoms with Crippen molar-refractivity contribution in [3.63, 3.8) is 0 Å². The average molecular weight is 270 g/mol. The van der Waals surface area contributed by atoms with Crippen molar-refractivity contribution < 1.29 is 17.6 Å². The van der Waals surface area contributed by atoms with Crippen molar-refractivity contribution in [2.75, 3.05) is 11.1 Å². The van der Waals surface area contributed by atoms with E-state index in [0.717, 1.165) is 18.2 Å². The largest absolute Gasteiger partial charge is 0.397 e. The molecule has 0 heterocycles. The van der Waals surface area contributed by atoms with E-state index in [0.29, 0.717) is 5.56 Å². The van der Waals surface area contributed by atoms with Gasteiger partial charge in [0.15, 0.2) is 17.5 Å². The second-order valence-electron chi connectivity index (χ2n) is 4.07. The molecule has 0 spiro atoms. The number of rotatable bonds is 2. The molecule has 0 saturated carbocycles. The number of hydrogen-bond donors (Lipinski definition) is 2. The summed E-state index contributed by atoms with van der Waals surface area (Å²) in [4.78, 5) is 0. The average Bonchev–Trinajstić information content (AvgIpc) is 2.33. The van der Waals surface area contributed by atoms with Gasteiger partial charge in [-0.3, -0.25) is 0 Å². The molecule has 19 heavy (non-hydrogen) atoms. The zero-order valence-corrected chi connectivity index (χ0v) is 9.90. The molecule has 2 aromatic rings. The first-order valence-electron chi connectivity index (χ1n) is 5.35. The third-order valence-electron chi connectivity index (χ3n) is 2.59. The third-order valence-corrected chi connectivity index (χ3v) is 2.59. The van der Waals surface area contributed by atoms with E-state index in [1.54, 1.807) is 0 Å². The van der Waals surface area contributed by atoms with Gasteiger partial charge in [-0.25, -0.2) is 17.6 Å². The number of nitrogens with two attached hydrogens (primary N) is 1. The summed E-state index contributed by atoms with van der Waals surface area (Å²) in [7, 11) is 0. The number of hydrogen-bond acceptors (Lipinski definition) is 2. The summed E-state index contributed by atoms with van der Waals surface area (Å²) >= 11 is 0. The number of anilines is 3. The molecule has 0 atom stereocenters. The Kier molecular flexibility index (Phi) is 3.33. The van der Waals surface area contributed by atoms with E-state index >= 15 is 0 Å². The first-order chi connectivity index (χ1) is 8.88. The van der Waals surface area contributed by atoms with Crippen LogP contribution in [0.4, 0.5) is 34.6 Å². The quantitative estimate of drug-likeness (QED) is 0.494. The first-order valence-corrected chi connectivity index (χ1v) is 5.35. The van der Waals surface area contributed by atoms with Crippen LogP contribution >= 0.6 is 0 Å². The van der Waals surface area contributed by atoms with E-state index < -0.39 is 23.3 Å². The van der Waals surface area contributed by atoms with Gasteiger partial charge in [-0.1, -0.05) is 0 Å². The number of aryl methyl sites for hydroxylation is 1. The summed E-state index contributed by atoms with van der Waals surface area (Å²) in [5.74, 6) is -4.67. The minimum absolute atomic E-state index is 0.0193. The second-order valence-corrected chi connectivity index (χ2v) is 4.07. The normalized spacial score (nSPS) is 10.6. The molecule has 0 aliphatic rings. The van der Waals surface area contributed by atoms with E-state index in [-0.39, 0.29) is 17.1 Å².